The van der Waals surface area contributed by atoms with Crippen molar-refractivity contribution in [1.29, 1.82) is 0 Å². The summed E-state index contributed by atoms with van der Waals surface area (Å²) in [6.45, 7) is 15.5. The van der Waals surface area contributed by atoms with Crippen molar-refractivity contribution in [3.05, 3.63) is 30.1 Å². The van der Waals surface area contributed by atoms with E-state index < -0.39 is 0 Å². The predicted molar refractivity (Wildman–Crippen MR) is 82.1 cm³/mol. The van der Waals surface area contributed by atoms with Crippen LogP contribution in [0.1, 0.15) is 40.2 Å². The summed E-state index contributed by atoms with van der Waals surface area (Å²) in [6.07, 6.45) is 3.74. The van der Waals surface area contributed by atoms with Gasteiger partial charge in [-0.05, 0) is 36.2 Å². The summed E-state index contributed by atoms with van der Waals surface area (Å²) in [5, 5.41) is 3.62. The molecule has 0 aliphatic heterocycles. The first-order chi connectivity index (χ1) is 8.97. The van der Waals surface area contributed by atoms with Crippen LogP contribution >= 0.6 is 0 Å². The lowest BCUT2D eigenvalue weighted by atomic mass is 9.86. The second-order valence-electron chi connectivity index (χ2n) is 6.16. The monoisotopic (exact) mass is 263 g/mol. The Hall–Kier alpha value is -0.930. The Balaban J connectivity index is 2.64. The van der Waals surface area contributed by atoms with Gasteiger partial charge in [0.1, 0.15) is 0 Å². The van der Waals surface area contributed by atoms with Crippen LogP contribution in [0.3, 0.4) is 0 Å². The van der Waals surface area contributed by atoms with E-state index in [0.717, 1.165) is 26.2 Å². The zero-order chi connectivity index (χ0) is 14.3. The molecule has 0 amide bonds. The van der Waals surface area contributed by atoms with Crippen molar-refractivity contribution in [3.8, 4) is 0 Å². The zero-order valence-electron chi connectivity index (χ0n) is 13.1. The van der Waals surface area contributed by atoms with Gasteiger partial charge >= 0.3 is 0 Å². The van der Waals surface area contributed by atoms with Crippen molar-refractivity contribution < 1.29 is 0 Å². The molecule has 0 fully saturated rings. The Morgan fingerprint density at radius 1 is 1.21 bits per heavy atom. The van der Waals surface area contributed by atoms with E-state index in [0.29, 0.717) is 6.04 Å². The van der Waals surface area contributed by atoms with Gasteiger partial charge in [0.05, 0.1) is 0 Å². The molecule has 0 radical (unpaired) electrons. The molecule has 1 atom stereocenters. The van der Waals surface area contributed by atoms with E-state index >= 15 is 0 Å². The third-order valence-corrected chi connectivity index (χ3v) is 3.54. The van der Waals surface area contributed by atoms with E-state index in [1.807, 2.05) is 12.4 Å². The third-order valence-electron chi connectivity index (χ3n) is 3.54. The second kappa shape index (κ2) is 7.61. The van der Waals surface area contributed by atoms with Gasteiger partial charge in [-0.1, -0.05) is 34.6 Å². The molecule has 1 N–H and O–H groups in total. The molecule has 1 heterocycles. The number of likely N-dealkylation sites (N-methyl/N-ethyl adjacent to an activating group) is 2. The van der Waals surface area contributed by atoms with Crippen LogP contribution in [0, 0.1) is 5.41 Å². The van der Waals surface area contributed by atoms with Gasteiger partial charge in [0.25, 0.3) is 0 Å². The molecule has 0 saturated heterocycles. The average molecular weight is 263 g/mol. The van der Waals surface area contributed by atoms with E-state index in [1.165, 1.54) is 5.56 Å². The van der Waals surface area contributed by atoms with Crippen molar-refractivity contribution in [2.75, 3.05) is 19.6 Å². The Kier molecular flexibility index (Phi) is 6.46. The molecule has 0 spiro atoms. The highest BCUT2D eigenvalue weighted by molar-refractivity contribution is 5.09. The van der Waals surface area contributed by atoms with E-state index in [4.69, 9.17) is 0 Å². The summed E-state index contributed by atoms with van der Waals surface area (Å²) in [6, 6.07) is 4.71. The first-order valence-corrected chi connectivity index (χ1v) is 7.32. The highest BCUT2D eigenvalue weighted by Crippen LogP contribution is 2.20. The molecule has 1 aromatic rings. The largest absolute Gasteiger partial charge is 0.312 e. The van der Waals surface area contributed by atoms with Crippen LogP contribution in [0.15, 0.2) is 24.5 Å². The highest BCUT2D eigenvalue weighted by atomic mass is 15.1. The number of nitrogens with zero attached hydrogens (tertiary/aromatic N) is 2. The normalized spacial score (nSPS) is 13.8. The number of aromatic nitrogens is 1. The minimum atomic E-state index is 0.279. The number of pyridine rings is 1. The van der Waals surface area contributed by atoms with Gasteiger partial charge in [0, 0.05) is 31.5 Å². The van der Waals surface area contributed by atoms with Crippen LogP contribution in [-0.2, 0) is 6.54 Å². The van der Waals surface area contributed by atoms with E-state index in [2.05, 4.69) is 62.0 Å². The summed E-state index contributed by atoms with van der Waals surface area (Å²) < 4.78 is 0. The number of rotatable bonds is 7. The van der Waals surface area contributed by atoms with Gasteiger partial charge in [-0.15, -0.1) is 0 Å². The molecule has 108 valence electrons. The summed E-state index contributed by atoms with van der Waals surface area (Å²) in [5.74, 6) is 0. The Bertz CT molecular complexity index is 343. The fraction of sp³-hybridized carbons (Fsp3) is 0.688. The molecule has 19 heavy (non-hydrogen) atoms. The number of nitrogens with one attached hydrogen (secondary N) is 1. The fourth-order valence-corrected chi connectivity index (χ4v) is 2.20. The number of hydrogen-bond donors (Lipinski definition) is 1. The van der Waals surface area contributed by atoms with E-state index in [-0.39, 0.29) is 5.41 Å². The summed E-state index contributed by atoms with van der Waals surface area (Å²) in [7, 11) is 0. The first-order valence-electron chi connectivity index (χ1n) is 7.32. The van der Waals surface area contributed by atoms with Crippen LogP contribution in [0.2, 0.25) is 0 Å². The third kappa shape index (κ3) is 5.70. The molecule has 1 unspecified atom stereocenters. The smallest absolute Gasteiger partial charge is 0.0271 e. The van der Waals surface area contributed by atoms with Gasteiger partial charge in [0.15, 0.2) is 0 Å². The minimum Gasteiger partial charge on any atom is -0.312 e. The second-order valence-corrected chi connectivity index (χ2v) is 6.16. The number of hydrogen-bond acceptors (Lipinski definition) is 3. The lowest BCUT2D eigenvalue weighted by molar-refractivity contribution is 0.174. The van der Waals surface area contributed by atoms with Crippen molar-refractivity contribution in [1.82, 2.24) is 15.2 Å². The van der Waals surface area contributed by atoms with Crippen molar-refractivity contribution >= 4 is 0 Å². The maximum Gasteiger partial charge on any atom is 0.0271 e. The van der Waals surface area contributed by atoms with Gasteiger partial charge in [-0.25, -0.2) is 0 Å². The molecule has 3 nitrogen and oxygen atoms in total. The van der Waals surface area contributed by atoms with E-state index in [9.17, 15) is 0 Å². The lowest BCUT2D eigenvalue weighted by Gasteiger charge is -2.35. The van der Waals surface area contributed by atoms with Crippen LogP contribution in [0.5, 0.6) is 0 Å². The maximum atomic E-state index is 4.08. The summed E-state index contributed by atoms with van der Waals surface area (Å²) in [4.78, 5) is 6.57. The van der Waals surface area contributed by atoms with Gasteiger partial charge in [-0.2, -0.15) is 0 Å². The highest BCUT2D eigenvalue weighted by Gasteiger charge is 2.25. The fourth-order valence-electron chi connectivity index (χ4n) is 2.20. The molecule has 0 saturated carbocycles. The van der Waals surface area contributed by atoms with Crippen molar-refractivity contribution in [2.24, 2.45) is 5.41 Å². The Morgan fingerprint density at radius 3 is 2.32 bits per heavy atom. The predicted octanol–water partition coefficient (Wildman–Crippen LogP) is 2.93. The lowest BCUT2D eigenvalue weighted by Crippen LogP contribution is -2.48. The summed E-state index contributed by atoms with van der Waals surface area (Å²) in [5.41, 5.74) is 1.61. The van der Waals surface area contributed by atoms with Gasteiger partial charge in [-0.3, -0.25) is 9.88 Å². The van der Waals surface area contributed by atoms with Crippen molar-refractivity contribution in [2.45, 2.75) is 47.2 Å². The SMILES string of the molecule is CCNC(CN(CC)Cc1ccncc1)C(C)(C)C. The van der Waals surface area contributed by atoms with Crippen LogP contribution in [0.25, 0.3) is 0 Å². The molecular weight excluding hydrogens is 234 g/mol. The molecule has 1 rings (SSSR count). The average Bonchev–Trinajstić information content (AvgIpc) is 2.37. The molecule has 0 aliphatic rings. The molecule has 3 heteroatoms. The Labute approximate surface area is 118 Å². The van der Waals surface area contributed by atoms with Crippen LogP contribution in [-0.4, -0.2) is 35.6 Å². The Morgan fingerprint density at radius 2 is 1.84 bits per heavy atom. The molecular formula is C16H29N3. The van der Waals surface area contributed by atoms with Crippen LogP contribution < -0.4 is 5.32 Å². The van der Waals surface area contributed by atoms with E-state index in [1.54, 1.807) is 0 Å². The molecule has 0 bridgehead atoms. The molecule has 0 aromatic carbocycles. The van der Waals surface area contributed by atoms with Crippen molar-refractivity contribution in [3.63, 3.8) is 0 Å². The van der Waals surface area contributed by atoms with Crippen LogP contribution in [0.4, 0.5) is 0 Å². The molecule has 1 aromatic heterocycles. The standard InChI is InChI=1S/C16H29N3/c1-6-18-15(16(3,4)5)13-19(7-2)12-14-8-10-17-11-9-14/h8-11,15,18H,6-7,12-13H2,1-5H3. The van der Waals surface area contributed by atoms with Gasteiger partial charge < -0.3 is 5.32 Å². The zero-order valence-corrected chi connectivity index (χ0v) is 13.1. The topological polar surface area (TPSA) is 28.2 Å². The summed E-state index contributed by atoms with van der Waals surface area (Å²) >= 11 is 0. The first kappa shape index (κ1) is 16.1. The minimum absolute atomic E-state index is 0.279. The molecule has 0 aliphatic carbocycles. The maximum absolute atomic E-state index is 4.08. The quantitative estimate of drug-likeness (QED) is 0.820. The van der Waals surface area contributed by atoms with Gasteiger partial charge in [0.2, 0.25) is 0 Å².